The first-order valence-electron chi connectivity index (χ1n) is 7.38. The largest absolute Gasteiger partial charge is 0.341 e. The van der Waals surface area contributed by atoms with Crippen molar-refractivity contribution in [3.63, 3.8) is 0 Å². The summed E-state index contributed by atoms with van der Waals surface area (Å²) in [4.78, 5) is 14.1. The molecule has 0 aliphatic carbocycles. The number of fused-ring (bicyclic) bond motifs is 1. The van der Waals surface area contributed by atoms with Crippen molar-refractivity contribution >= 4 is 26.5 Å². The van der Waals surface area contributed by atoms with Crippen LogP contribution in [0.3, 0.4) is 0 Å². The number of hydrogen-bond donors (Lipinski definition) is 0. The van der Waals surface area contributed by atoms with Gasteiger partial charge in [-0.2, -0.15) is 0 Å². The Morgan fingerprint density at radius 3 is 2.64 bits per heavy atom. The average Bonchev–Trinajstić information content (AvgIpc) is 2.87. The molecule has 5 heteroatoms. The van der Waals surface area contributed by atoms with E-state index in [1.165, 1.54) is 0 Å². The highest BCUT2D eigenvalue weighted by Crippen LogP contribution is 2.23. The number of carbonyl (C=O) groups is 1. The molecular weight excluding hydrogens is 298 g/mol. The van der Waals surface area contributed by atoms with Gasteiger partial charge in [0, 0.05) is 13.6 Å². The van der Waals surface area contributed by atoms with Gasteiger partial charge in [0.05, 0.1) is 17.4 Å². The lowest BCUT2D eigenvalue weighted by Gasteiger charge is -2.21. The fraction of sp³-hybridized carbons (Fsp3) is 0.353. The van der Waals surface area contributed by atoms with Gasteiger partial charge in [-0.25, -0.2) is 8.42 Å². The summed E-state index contributed by atoms with van der Waals surface area (Å²) >= 11 is 0. The lowest BCUT2D eigenvalue weighted by Crippen LogP contribution is -2.33. The van der Waals surface area contributed by atoms with Crippen LogP contribution in [0.15, 0.2) is 42.5 Å². The van der Waals surface area contributed by atoms with Crippen LogP contribution < -0.4 is 0 Å². The van der Waals surface area contributed by atoms with E-state index >= 15 is 0 Å². The minimum Gasteiger partial charge on any atom is -0.341 e. The summed E-state index contributed by atoms with van der Waals surface area (Å²) in [6, 6.07) is 14.1. The van der Waals surface area contributed by atoms with Crippen LogP contribution in [0.5, 0.6) is 0 Å². The predicted molar refractivity (Wildman–Crippen MR) is 87.2 cm³/mol. The SMILES string of the molecule is CN(Cc1cccc2ccccc12)C(=O)C1CCS(=O)(=O)C1. The van der Waals surface area contributed by atoms with E-state index < -0.39 is 9.84 Å². The van der Waals surface area contributed by atoms with Gasteiger partial charge in [-0.15, -0.1) is 0 Å². The summed E-state index contributed by atoms with van der Waals surface area (Å²) in [5, 5.41) is 2.27. The van der Waals surface area contributed by atoms with Crippen molar-refractivity contribution < 1.29 is 13.2 Å². The number of benzene rings is 2. The van der Waals surface area contributed by atoms with E-state index in [1.807, 2.05) is 42.5 Å². The minimum absolute atomic E-state index is 0.00822. The van der Waals surface area contributed by atoms with Crippen molar-refractivity contribution in [1.82, 2.24) is 4.90 Å². The molecular formula is C17H19NO3S. The molecule has 1 aliphatic heterocycles. The number of carbonyl (C=O) groups excluding carboxylic acids is 1. The maximum Gasteiger partial charge on any atom is 0.226 e. The summed E-state index contributed by atoms with van der Waals surface area (Å²) in [5.74, 6) is -0.337. The fourth-order valence-corrected chi connectivity index (χ4v) is 4.80. The van der Waals surface area contributed by atoms with E-state index in [0.717, 1.165) is 16.3 Å². The molecule has 1 unspecified atom stereocenters. The zero-order valence-electron chi connectivity index (χ0n) is 12.5. The molecule has 0 spiro atoms. The zero-order valence-corrected chi connectivity index (χ0v) is 13.3. The first-order chi connectivity index (χ1) is 10.5. The molecule has 22 heavy (non-hydrogen) atoms. The van der Waals surface area contributed by atoms with Gasteiger partial charge in [0.25, 0.3) is 0 Å². The van der Waals surface area contributed by atoms with Crippen LogP contribution in [0.2, 0.25) is 0 Å². The standard InChI is InChI=1S/C17H19NO3S/c1-18(17(19)15-9-10-22(20,21)12-15)11-14-7-4-6-13-5-2-3-8-16(13)14/h2-8,15H,9-12H2,1H3. The third kappa shape index (κ3) is 2.99. The molecule has 4 nitrogen and oxygen atoms in total. The predicted octanol–water partition coefficient (Wildman–Crippen LogP) is 2.23. The molecule has 1 saturated heterocycles. The number of sulfone groups is 1. The summed E-state index contributed by atoms with van der Waals surface area (Å²) < 4.78 is 23.1. The van der Waals surface area contributed by atoms with Gasteiger partial charge in [-0.1, -0.05) is 42.5 Å². The van der Waals surface area contributed by atoms with E-state index in [4.69, 9.17) is 0 Å². The van der Waals surface area contributed by atoms with Crippen molar-refractivity contribution in [1.29, 1.82) is 0 Å². The molecule has 1 atom stereocenters. The molecule has 0 saturated carbocycles. The molecule has 1 heterocycles. The maximum atomic E-state index is 12.4. The molecule has 0 bridgehead atoms. The Kier molecular flexibility index (Phi) is 3.91. The first-order valence-corrected chi connectivity index (χ1v) is 9.20. The first kappa shape index (κ1) is 15.0. The lowest BCUT2D eigenvalue weighted by atomic mass is 10.0. The van der Waals surface area contributed by atoms with E-state index in [9.17, 15) is 13.2 Å². The topological polar surface area (TPSA) is 54.5 Å². The van der Waals surface area contributed by atoms with Gasteiger partial charge < -0.3 is 4.90 Å². The van der Waals surface area contributed by atoms with Crippen LogP contribution in [0, 0.1) is 5.92 Å². The lowest BCUT2D eigenvalue weighted by molar-refractivity contribution is -0.133. The zero-order chi connectivity index (χ0) is 15.7. The summed E-state index contributed by atoms with van der Waals surface area (Å²) in [6.07, 6.45) is 0.445. The molecule has 3 rings (SSSR count). The normalized spacial score (nSPS) is 20.1. The Labute approximate surface area is 130 Å². The Morgan fingerprint density at radius 1 is 1.18 bits per heavy atom. The van der Waals surface area contributed by atoms with Gasteiger partial charge in [-0.3, -0.25) is 4.79 Å². The maximum absolute atomic E-state index is 12.4. The molecule has 1 fully saturated rings. The molecule has 2 aromatic carbocycles. The minimum atomic E-state index is -3.03. The second-order valence-electron chi connectivity index (χ2n) is 5.93. The third-order valence-corrected chi connectivity index (χ3v) is 6.01. The van der Waals surface area contributed by atoms with Crippen molar-refractivity contribution in [2.24, 2.45) is 5.92 Å². The highest BCUT2D eigenvalue weighted by atomic mass is 32.2. The van der Waals surface area contributed by atoms with Crippen LogP contribution in [-0.2, 0) is 21.2 Å². The Balaban J connectivity index is 1.79. The molecule has 0 N–H and O–H groups in total. The summed E-state index contributed by atoms with van der Waals surface area (Å²) in [6.45, 7) is 0.497. The monoisotopic (exact) mass is 317 g/mol. The molecule has 116 valence electrons. The van der Waals surface area contributed by atoms with Crippen LogP contribution in [0.1, 0.15) is 12.0 Å². The number of nitrogens with zero attached hydrogens (tertiary/aromatic N) is 1. The smallest absolute Gasteiger partial charge is 0.226 e. The fourth-order valence-electron chi connectivity index (χ4n) is 3.07. The second-order valence-corrected chi connectivity index (χ2v) is 8.16. The third-order valence-electron chi connectivity index (χ3n) is 4.25. The highest BCUT2D eigenvalue weighted by Gasteiger charge is 2.34. The number of hydrogen-bond acceptors (Lipinski definition) is 3. The van der Waals surface area contributed by atoms with Crippen molar-refractivity contribution in [3.8, 4) is 0 Å². The molecule has 0 aromatic heterocycles. The molecule has 1 aliphatic rings. The van der Waals surface area contributed by atoms with E-state index in [0.29, 0.717) is 13.0 Å². The van der Waals surface area contributed by atoms with Gasteiger partial charge in [0.15, 0.2) is 9.84 Å². The Bertz CT molecular complexity index is 808. The van der Waals surface area contributed by atoms with E-state index in [1.54, 1.807) is 11.9 Å². The second kappa shape index (κ2) is 5.72. The quantitative estimate of drug-likeness (QED) is 0.872. The van der Waals surface area contributed by atoms with Gasteiger partial charge in [0.1, 0.15) is 0 Å². The highest BCUT2D eigenvalue weighted by molar-refractivity contribution is 7.91. The number of rotatable bonds is 3. The van der Waals surface area contributed by atoms with E-state index in [-0.39, 0.29) is 23.3 Å². The Morgan fingerprint density at radius 2 is 1.91 bits per heavy atom. The van der Waals surface area contributed by atoms with E-state index in [2.05, 4.69) is 0 Å². The van der Waals surface area contributed by atoms with Gasteiger partial charge in [0.2, 0.25) is 5.91 Å². The average molecular weight is 317 g/mol. The van der Waals surface area contributed by atoms with Gasteiger partial charge >= 0.3 is 0 Å². The van der Waals surface area contributed by atoms with Crippen LogP contribution >= 0.6 is 0 Å². The summed E-state index contributed by atoms with van der Waals surface area (Å²) in [7, 11) is -1.28. The van der Waals surface area contributed by atoms with Crippen LogP contribution in [0.25, 0.3) is 10.8 Å². The van der Waals surface area contributed by atoms with Crippen molar-refractivity contribution in [2.45, 2.75) is 13.0 Å². The number of amides is 1. The summed E-state index contributed by atoms with van der Waals surface area (Å²) in [5.41, 5.74) is 1.08. The van der Waals surface area contributed by atoms with Crippen molar-refractivity contribution in [2.75, 3.05) is 18.6 Å². The van der Waals surface area contributed by atoms with Crippen LogP contribution in [0.4, 0.5) is 0 Å². The Hall–Kier alpha value is -1.88. The molecule has 1 amide bonds. The van der Waals surface area contributed by atoms with Gasteiger partial charge in [-0.05, 0) is 22.8 Å². The van der Waals surface area contributed by atoms with Crippen molar-refractivity contribution in [3.05, 3.63) is 48.0 Å². The molecule has 2 aromatic rings. The van der Waals surface area contributed by atoms with Crippen LogP contribution in [-0.4, -0.2) is 37.8 Å². The molecule has 0 radical (unpaired) electrons.